The Balaban J connectivity index is 2.11. The summed E-state index contributed by atoms with van der Waals surface area (Å²) in [6.45, 7) is 3.36. The Hall–Kier alpha value is -2.73. The molecular formula is C22H26F3N3O5S. The van der Waals surface area contributed by atoms with Crippen LogP contribution in [-0.4, -0.2) is 48.7 Å². The number of sulfonamides is 1. The summed E-state index contributed by atoms with van der Waals surface area (Å²) >= 11 is 0. The van der Waals surface area contributed by atoms with Gasteiger partial charge in [0.25, 0.3) is 5.91 Å². The molecule has 2 N–H and O–H groups in total. The molecule has 8 nitrogen and oxygen atoms in total. The number of alkyl halides is 3. The normalized spacial score (nSPS) is 22.3. The third kappa shape index (κ3) is 4.48. The molecule has 0 saturated heterocycles. The van der Waals surface area contributed by atoms with E-state index < -0.39 is 55.8 Å². The van der Waals surface area contributed by atoms with Crippen molar-refractivity contribution in [3.63, 3.8) is 0 Å². The largest absolute Gasteiger partial charge is 0.421 e. The van der Waals surface area contributed by atoms with Crippen LogP contribution in [0.2, 0.25) is 0 Å². The Bertz CT molecular complexity index is 1140. The summed E-state index contributed by atoms with van der Waals surface area (Å²) in [5.41, 5.74) is -4.62. The molecule has 3 rings (SSSR count). The van der Waals surface area contributed by atoms with Crippen LogP contribution in [0.1, 0.15) is 52.9 Å². The Kier molecular flexibility index (Phi) is 6.96. The SMILES string of the molecule is CC(=O)Nc1ccc(S(=O)(=O)NC2(C(F)(F)F)C(=O)N(C3CCCCC3)C(C)=C2C(C)=O)cc1. The standard InChI is InChI=1S/C22H26F3N3O5S/c1-13-19(14(2)29)21(22(23,24)25,20(31)28(13)17-7-5-4-6-8-17)27-34(32,33)18-11-9-16(10-12-18)26-15(3)30/h9-12,17,27H,4-8H2,1-3H3,(H,26,30). The number of nitrogens with zero attached hydrogens (tertiary/aromatic N) is 1. The second-order valence-electron chi connectivity index (χ2n) is 8.54. The molecule has 1 aromatic rings. The molecule has 1 aliphatic heterocycles. The van der Waals surface area contributed by atoms with Crippen LogP contribution in [0, 0.1) is 0 Å². The number of Topliss-reactive ketones (excluding diaryl/α,β-unsaturated/α-hetero) is 1. The highest BCUT2D eigenvalue weighted by atomic mass is 32.2. The number of rotatable bonds is 6. The van der Waals surface area contributed by atoms with Gasteiger partial charge < -0.3 is 10.2 Å². The van der Waals surface area contributed by atoms with E-state index in [0.29, 0.717) is 25.7 Å². The molecule has 34 heavy (non-hydrogen) atoms. The first-order chi connectivity index (χ1) is 15.7. The Morgan fingerprint density at radius 2 is 1.62 bits per heavy atom. The van der Waals surface area contributed by atoms with Gasteiger partial charge in [0.15, 0.2) is 5.78 Å². The summed E-state index contributed by atoms with van der Waals surface area (Å²) in [4.78, 5) is 37.4. The highest BCUT2D eigenvalue weighted by molar-refractivity contribution is 7.89. The second kappa shape index (κ2) is 9.14. The van der Waals surface area contributed by atoms with Crippen LogP contribution in [-0.2, 0) is 24.4 Å². The minimum absolute atomic E-state index is 0.189. The number of carbonyl (C=O) groups is 3. The molecule has 1 saturated carbocycles. The van der Waals surface area contributed by atoms with Gasteiger partial charge in [0, 0.05) is 24.4 Å². The van der Waals surface area contributed by atoms with Crippen LogP contribution in [0.15, 0.2) is 40.4 Å². The van der Waals surface area contributed by atoms with E-state index in [1.165, 1.54) is 26.0 Å². The molecule has 2 amide bonds. The Morgan fingerprint density at radius 3 is 2.09 bits per heavy atom. The van der Waals surface area contributed by atoms with Crippen molar-refractivity contribution in [2.24, 2.45) is 0 Å². The predicted molar refractivity (Wildman–Crippen MR) is 117 cm³/mol. The molecule has 0 spiro atoms. The average molecular weight is 502 g/mol. The van der Waals surface area contributed by atoms with Crippen molar-refractivity contribution in [3.8, 4) is 0 Å². The van der Waals surface area contributed by atoms with Crippen molar-refractivity contribution in [2.75, 3.05) is 5.32 Å². The molecule has 2 aliphatic rings. The first-order valence-corrected chi connectivity index (χ1v) is 12.2. The second-order valence-corrected chi connectivity index (χ2v) is 10.2. The zero-order valence-corrected chi connectivity index (χ0v) is 19.8. The average Bonchev–Trinajstić information content (AvgIpc) is 2.95. The maximum atomic E-state index is 14.6. The van der Waals surface area contributed by atoms with Gasteiger partial charge in [-0.3, -0.25) is 14.4 Å². The van der Waals surface area contributed by atoms with Crippen molar-refractivity contribution in [1.82, 2.24) is 9.62 Å². The quantitative estimate of drug-likeness (QED) is 0.621. The van der Waals surface area contributed by atoms with E-state index in [4.69, 9.17) is 0 Å². The molecule has 1 unspecified atom stereocenters. The van der Waals surface area contributed by atoms with Crippen molar-refractivity contribution >= 4 is 33.3 Å². The predicted octanol–water partition coefficient (Wildman–Crippen LogP) is 3.26. The molecule has 186 valence electrons. The van der Waals surface area contributed by atoms with E-state index in [1.54, 1.807) is 4.72 Å². The Morgan fingerprint density at radius 1 is 1.06 bits per heavy atom. The van der Waals surface area contributed by atoms with Gasteiger partial charge in [-0.15, -0.1) is 0 Å². The molecule has 1 aromatic carbocycles. The first-order valence-electron chi connectivity index (χ1n) is 10.8. The number of benzene rings is 1. The van der Waals surface area contributed by atoms with Crippen LogP contribution < -0.4 is 10.0 Å². The molecule has 0 bridgehead atoms. The first kappa shape index (κ1) is 25.9. The molecular weight excluding hydrogens is 475 g/mol. The van der Waals surface area contributed by atoms with E-state index in [0.717, 1.165) is 30.4 Å². The van der Waals surface area contributed by atoms with Gasteiger partial charge in [-0.2, -0.15) is 17.9 Å². The van der Waals surface area contributed by atoms with Gasteiger partial charge >= 0.3 is 6.18 Å². The van der Waals surface area contributed by atoms with Crippen molar-refractivity contribution in [1.29, 1.82) is 0 Å². The molecule has 12 heteroatoms. The highest BCUT2D eigenvalue weighted by Crippen LogP contribution is 2.47. The minimum atomic E-state index is -5.43. The molecule has 1 heterocycles. The van der Waals surface area contributed by atoms with Crippen LogP contribution in [0.3, 0.4) is 0 Å². The van der Waals surface area contributed by atoms with E-state index in [2.05, 4.69) is 5.32 Å². The zero-order chi connectivity index (χ0) is 25.5. The number of carbonyl (C=O) groups excluding carboxylic acids is 3. The number of halogens is 3. The molecule has 1 fully saturated rings. The fraction of sp³-hybridized carbons (Fsp3) is 0.500. The third-order valence-corrected chi connectivity index (χ3v) is 7.59. The van der Waals surface area contributed by atoms with Crippen molar-refractivity contribution in [3.05, 3.63) is 35.5 Å². The maximum absolute atomic E-state index is 14.6. The van der Waals surface area contributed by atoms with E-state index in [9.17, 15) is 36.0 Å². The molecule has 0 aromatic heterocycles. The van der Waals surface area contributed by atoms with Crippen LogP contribution >= 0.6 is 0 Å². The lowest BCUT2D eigenvalue weighted by molar-refractivity contribution is -0.189. The summed E-state index contributed by atoms with van der Waals surface area (Å²) in [5, 5.41) is 2.42. The number of amides is 2. The summed E-state index contributed by atoms with van der Waals surface area (Å²) in [5.74, 6) is -2.99. The van der Waals surface area contributed by atoms with Crippen LogP contribution in [0.25, 0.3) is 0 Å². The summed E-state index contributed by atoms with van der Waals surface area (Å²) < 4.78 is 71.6. The summed E-state index contributed by atoms with van der Waals surface area (Å²) in [6.07, 6.45) is -2.21. The van der Waals surface area contributed by atoms with E-state index in [1.807, 2.05) is 0 Å². The molecule has 1 aliphatic carbocycles. The van der Waals surface area contributed by atoms with Gasteiger partial charge in [0.1, 0.15) is 0 Å². The van der Waals surface area contributed by atoms with E-state index >= 15 is 0 Å². The number of nitrogens with one attached hydrogen (secondary N) is 2. The number of hydrogen-bond acceptors (Lipinski definition) is 5. The third-order valence-electron chi connectivity index (χ3n) is 6.13. The highest BCUT2D eigenvalue weighted by Gasteiger charge is 2.71. The fourth-order valence-corrected chi connectivity index (χ4v) is 6.05. The summed E-state index contributed by atoms with van der Waals surface area (Å²) in [6, 6.07) is 3.85. The van der Waals surface area contributed by atoms with Crippen molar-refractivity contribution < 1.29 is 36.0 Å². The van der Waals surface area contributed by atoms with Crippen LogP contribution in [0.4, 0.5) is 18.9 Å². The number of hydrogen-bond donors (Lipinski definition) is 2. The molecule has 1 atom stereocenters. The van der Waals surface area contributed by atoms with E-state index in [-0.39, 0.29) is 11.4 Å². The lowest BCUT2D eigenvalue weighted by atomic mass is 9.88. The Labute approximate surface area is 195 Å². The fourth-order valence-electron chi connectivity index (χ4n) is 4.73. The topological polar surface area (TPSA) is 113 Å². The monoisotopic (exact) mass is 501 g/mol. The number of allylic oxidation sites excluding steroid dienone is 1. The lowest BCUT2D eigenvalue weighted by Gasteiger charge is -2.36. The van der Waals surface area contributed by atoms with Crippen LogP contribution in [0.5, 0.6) is 0 Å². The van der Waals surface area contributed by atoms with Gasteiger partial charge in [0.2, 0.25) is 21.5 Å². The number of anilines is 1. The number of ketones is 1. The summed E-state index contributed by atoms with van der Waals surface area (Å²) in [7, 11) is -4.92. The molecule has 0 radical (unpaired) electrons. The van der Waals surface area contributed by atoms with Gasteiger partial charge in [-0.1, -0.05) is 19.3 Å². The van der Waals surface area contributed by atoms with Gasteiger partial charge in [-0.05, 0) is 51.0 Å². The lowest BCUT2D eigenvalue weighted by Crippen LogP contribution is -2.66. The maximum Gasteiger partial charge on any atom is 0.421 e. The van der Waals surface area contributed by atoms with Gasteiger partial charge in [0.05, 0.1) is 10.5 Å². The van der Waals surface area contributed by atoms with Crippen molar-refractivity contribution in [2.45, 2.75) is 75.5 Å². The smallest absolute Gasteiger partial charge is 0.326 e. The zero-order valence-electron chi connectivity index (χ0n) is 19.0. The van der Waals surface area contributed by atoms with Gasteiger partial charge in [-0.25, -0.2) is 8.42 Å². The minimum Gasteiger partial charge on any atom is -0.326 e.